The van der Waals surface area contributed by atoms with Crippen LogP contribution in [0, 0.1) is 12.8 Å². The molecule has 154 valence electrons. The highest BCUT2D eigenvalue weighted by Gasteiger charge is 2.25. The molecule has 0 saturated carbocycles. The SMILES string of the molecule is Cc1ccc(-c2ccc(N3CCC(C(=O)NCCc4ccccc4)CC3)nn2)cc1. The number of amides is 1. The van der Waals surface area contributed by atoms with Crippen molar-refractivity contribution < 1.29 is 4.79 Å². The minimum absolute atomic E-state index is 0.0804. The number of benzene rings is 2. The Bertz CT molecular complexity index is 947. The van der Waals surface area contributed by atoms with Crippen LogP contribution in [0.25, 0.3) is 11.3 Å². The van der Waals surface area contributed by atoms with Crippen molar-refractivity contribution in [3.8, 4) is 11.3 Å². The Morgan fingerprint density at radius 2 is 1.70 bits per heavy atom. The first-order chi connectivity index (χ1) is 14.7. The first kappa shape index (κ1) is 20.1. The zero-order valence-corrected chi connectivity index (χ0v) is 17.4. The summed E-state index contributed by atoms with van der Waals surface area (Å²) in [7, 11) is 0. The maximum atomic E-state index is 12.5. The molecule has 2 aromatic carbocycles. The van der Waals surface area contributed by atoms with Crippen molar-refractivity contribution in [1.82, 2.24) is 15.5 Å². The molecule has 0 bridgehead atoms. The lowest BCUT2D eigenvalue weighted by molar-refractivity contribution is -0.125. The Morgan fingerprint density at radius 3 is 2.37 bits per heavy atom. The average molecular weight is 401 g/mol. The van der Waals surface area contributed by atoms with Gasteiger partial charge in [-0.05, 0) is 43.9 Å². The predicted octanol–water partition coefficient (Wildman–Crippen LogP) is 4.03. The molecule has 1 fully saturated rings. The van der Waals surface area contributed by atoms with Crippen molar-refractivity contribution in [3.63, 3.8) is 0 Å². The minimum Gasteiger partial charge on any atom is -0.356 e. The zero-order chi connectivity index (χ0) is 20.8. The summed E-state index contributed by atoms with van der Waals surface area (Å²) in [5.74, 6) is 1.14. The van der Waals surface area contributed by atoms with Gasteiger partial charge in [-0.3, -0.25) is 4.79 Å². The van der Waals surface area contributed by atoms with E-state index in [1.807, 2.05) is 30.3 Å². The smallest absolute Gasteiger partial charge is 0.223 e. The number of hydrogen-bond donors (Lipinski definition) is 1. The van der Waals surface area contributed by atoms with Gasteiger partial charge < -0.3 is 10.2 Å². The van der Waals surface area contributed by atoms with E-state index >= 15 is 0 Å². The molecule has 1 N–H and O–H groups in total. The van der Waals surface area contributed by atoms with Crippen LogP contribution in [0.4, 0.5) is 5.82 Å². The number of carbonyl (C=O) groups is 1. The quantitative estimate of drug-likeness (QED) is 0.679. The van der Waals surface area contributed by atoms with Gasteiger partial charge in [-0.15, -0.1) is 10.2 Å². The number of carbonyl (C=O) groups excluding carboxylic acids is 1. The van der Waals surface area contributed by atoms with Crippen LogP contribution >= 0.6 is 0 Å². The van der Waals surface area contributed by atoms with Crippen molar-refractivity contribution in [2.45, 2.75) is 26.2 Å². The summed E-state index contributed by atoms with van der Waals surface area (Å²) in [6.45, 7) is 4.42. The number of nitrogens with one attached hydrogen (secondary N) is 1. The van der Waals surface area contributed by atoms with Crippen LogP contribution in [-0.4, -0.2) is 35.7 Å². The third-order valence-corrected chi connectivity index (χ3v) is 5.74. The number of aryl methyl sites for hydroxylation is 1. The molecule has 0 radical (unpaired) electrons. The fourth-order valence-electron chi connectivity index (χ4n) is 3.86. The van der Waals surface area contributed by atoms with Gasteiger partial charge in [0.25, 0.3) is 0 Å². The molecule has 1 saturated heterocycles. The summed E-state index contributed by atoms with van der Waals surface area (Å²) >= 11 is 0. The van der Waals surface area contributed by atoms with E-state index in [2.05, 4.69) is 63.7 Å². The molecule has 5 nitrogen and oxygen atoms in total. The van der Waals surface area contributed by atoms with E-state index in [4.69, 9.17) is 0 Å². The van der Waals surface area contributed by atoms with Gasteiger partial charge in [-0.1, -0.05) is 60.2 Å². The van der Waals surface area contributed by atoms with Crippen LogP contribution in [0.3, 0.4) is 0 Å². The molecule has 5 heteroatoms. The lowest BCUT2D eigenvalue weighted by Crippen LogP contribution is -2.41. The summed E-state index contributed by atoms with van der Waals surface area (Å²) in [6, 6.07) is 22.6. The average Bonchev–Trinajstić information content (AvgIpc) is 2.80. The molecule has 0 spiro atoms. The molecule has 3 aromatic rings. The van der Waals surface area contributed by atoms with Crippen molar-refractivity contribution in [2.24, 2.45) is 5.92 Å². The standard InChI is InChI=1S/C25H28N4O/c1-19-7-9-21(10-8-19)23-11-12-24(28-27-23)29-17-14-22(15-18-29)25(30)26-16-13-20-5-3-2-4-6-20/h2-12,22H,13-18H2,1H3,(H,26,30). The Morgan fingerprint density at radius 1 is 0.967 bits per heavy atom. The second-order valence-electron chi connectivity index (χ2n) is 7.93. The lowest BCUT2D eigenvalue weighted by atomic mass is 9.96. The maximum absolute atomic E-state index is 12.5. The van der Waals surface area contributed by atoms with Crippen molar-refractivity contribution in [2.75, 3.05) is 24.5 Å². The highest BCUT2D eigenvalue weighted by atomic mass is 16.1. The normalized spacial score (nSPS) is 14.5. The molecule has 0 unspecified atom stereocenters. The van der Waals surface area contributed by atoms with Crippen LogP contribution in [0.5, 0.6) is 0 Å². The highest BCUT2D eigenvalue weighted by molar-refractivity contribution is 5.79. The topological polar surface area (TPSA) is 58.1 Å². The monoisotopic (exact) mass is 400 g/mol. The summed E-state index contributed by atoms with van der Waals surface area (Å²) in [5.41, 5.74) is 4.44. The summed E-state index contributed by atoms with van der Waals surface area (Å²) < 4.78 is 0. The van der Waals surface area contributed by atoms with E-state index in [-0.39, 0.29) is 11.8 Å². The van der Waals surface area contributed by atoms with Crippen LogP contribution in [0.15, 0.2) is 66.7 Å². The Labute approximate surface area is 178 Å². The van der Waals surface area contributed by atoms with Crippen LogP contribution in [0.1, 0.15) is 24.0 Å². The largest absolute Gasteiger partial charge is 0.356 e. The fraction of sp³-hybridized carbons (Fsp3) is 0.320. The molecule has 1 aromatic heterocycles. The van der Waals surface area contributed by atoms with Crippen molar-refractivity contribution in [3.05, 3.63) is 77.9 Å². The van der Waals surface area contributed by atoms with Gasteiger partial charge in [0.2, 0.25) is 5.91 Å². The Balaban J connectivity index is 1.25. The molecule has 1 aliphatic heterocycles. The molecule has 2 heterocycles. The predicted molar refractivity (Wildman–Crippen MR) is 120 cm³/mol. The van der Waals surface area contributed by atoms with Crippen molar-refractivity contribution >= 4 is 11.7 Å². The van der Waals surface area contributed by atoms with E-state index in [0.29, 0.717) is 6.54 Å². The van der Waals surface area contributed by atoms with Gasteiger partial charge in [0.05, 0.1) is 5.69 Å². The van der Waals surface area contributed by atoms with Gasteiger partial charge in [-0.2, -0.15) is 0 Å². The first-order valence-electron chi connectivity index (χ1n) is 10.7. The number of nitrogens with zero attached hydrogens (tertiary/aromatic N) is 3. The Kier molecular flexibility index (Phi) is 6.38. The molecular weight excluding hydrogens is 372 g/mol. The molecule has 4 rings (SSSR count). The molecular formula is C25H28N4O. The highest BCUT2D eigenvalue weighted by Crippen LogP contribution is 2.23. The van der Waals surface area contributed by atoms with Crippen molar-refractivity contribution in [1.29, 1.82) is 0 Å². The summed E-state index contributed by atoms with van der Waals surface area (Å²) in [4.78, 5) is 14.7. The molecule has 0 atom stereocenters. The van der Waals surface area contributed by atoms with Gasteiger partial charge >= 0.3 is 0 Å². The van der Waals surface area contributed by atoms with E-state index in [1.54, 1.807) is 0 Å². The van der Waals surface area contributed by atoms with Gasteiger partial charge in [0.1, 0.15) is 0 Å². The molecule has 1 aliphatic rings. The maximum Gasteiger partial charge on any atom is 0.223 e. The first-order valence-corrected chi connectivity index (χ1v) is 10.7. The van der Waals surface area contributed by atoms with Gasteiger partial charge in [0.15, 0.2) is 5.82 Å². The second kappa shape index (κ2) is 9.53. The molecule has 30 heavy (non-hydrogen) atoms. The molecule has 0 aliphatic carbocycles. The minimum atomic E-state index is 0.0804. The third-order valence-electron chi connectivity index (χ3n) is 5.74. The summed E-state index contributed by atoms with van der Waals surface area (Å²) in [6.07, 6.45) is 2.56. The zero-order valence-electron chi connectivity index (χ0n) is 17.4. The number of piperidine rings is 1. The van der Waals surface area contributed by atoms with Crippen LogP contribution in [0.2, 0.25) is 0 Å². The number of hydrogen-bond acceptors (Lipinski definition) is 4. The van der Waals surface area contributed by atoms with Gasteiger partial charge in [-0.25, -0.2) is 0 Å². The third kappa shape index (κ3) is 5.03. The van der Waals surface area contributed by atoms with Crippen LogP contribution in [-0.2, 0) is 11.2 Å². The Hall–Kier alpha value is -3.21. The number of anilines is 1. The number of rotatable bonds is 6. The van der Waals surface area contributed by atoms with E-state index in [0.717, 1.165) is 49.4 Å². The lowest BCUT2D eigenvalue weighted by Gasteiger charge is -2.31. The van der Waals surface area contributed by atoms with E-state index in [1.165, 1.54) is 11.1 Å². The van der Waals surface area contributed by atoms with Gasteiger partial charge in [0, 0.05) is 31.1 Å². The van der Waals surface area contributed by atoms with E-state index < -0.39 is 0 Å². The molecule has 1 amide bonds. The van der Waals surface area contributed by atoms with E-state index in [9.17, 15) is 4.79 Å². The summed E-state index contributed by atoms with van der Waals surface area (Å²) in [5, 5.41) is 11.9. The second-order valence-corrected chi connectivity index (χ2v) is 7.93. The van der Waals surface area contributed by atoms with Crippen LogP contribution < -0.4 is 10.2 Å². The fourth-order valence-corrected chi connectivity index (χ4v) is 3.86. The number of aromatic nitrogens is 2.